The van der Waals surface area contributed by atoms with E-state index in [1.807, 2.05) is 0 Å². The van der Waals surface area contributed by atoms with Crippen LogP contribution in [-0.2, 0) is 0 Å². The SMILES string of the molecule is COc1cc(C)cc(C)c1C1CCC(Br)C1. The fraction of sp³-hybridized carbons (Fsp3) is 0.571. The number of hydrogen-bond acceptors (Lipinski definition) is 1. The molecule has 0 bridgehead atoms. The molecule has 0 amide bonds. The van der Waals surface area contributed by atoms with Crippen molar-refractivity contribution in [1.29, 1.82) is 0 Å². The van der Waals surface area contributed by atoms with Gasteiger partial charge < -0.3 is 4.74 Å². The van der Waals surface area contributed by atoms with Crippen LogP contribution in [0.2, 0.25) is 0 Å². The Morgan fingerprint density at radius 1 is 1.25 bits per heavy atom. The maximum Gasteiger partial charge on any atom is 0.122 e. The highest BCUT2D eigenvalue weighted by Crippen LogP contribution is 2.43. The van der Waals surface area contributed by atoms with Gasteiger partial charge in [0, 0.05) is 10.4 Å². The first kappa shape index (κ1) is 12.0. The van der Waals surface area contributed by atoms with Gasteiger partial charge in [0.05, 0.1) is 7.11 Å². The molecule has 0 aliphatic heterocycles. The van der Waals surface area contributed by atoms with Crippen molar-refractivity contribution >= 4 is 15.9 Å². The van der Waals surface area contributed by atoms with Gasteiger partial charge in [-0.25, -0.2) is 0 Å². The Kier molecular flexibility index (Phi) is 3.58. The average Bonchev–Trinajstić information content (AvgIpc) is 2.63. The highest BCUT2D eigenvalue weighted by atomic mass is 79.9. The number of benzene rings is 1. The third-order valence-electron chi connectivity index (χ3n) is 3.49. The minimum absolute atomic E-state index is 0.667. The van der Waals surface area contributed by atoms with Gasteiger partial charge in [-0.1, -0.05) is 22.0 Å². The van der Waals surface area contributed by atoms with Crippen molar-refractivity contribution < 1.29 is 4.74 Å². The number of rotatable bonds is 2. The van der Waals surface area contributed by atoms with Gasteiger partial charge in [0.15, 0.2) is 0 Å². The van der Waals surface area contributed by atoms with Crippen LogP contribution in [0.4, 0.5) is 0 Å². The molecule has 1 aromatic carbocycles. The van der Waals surface area contributed by atoms with Gasteiger partial charge in [0.1, 0.15) is 5.75 Å². The van der Waals surface area contributed by atoms with Crippen molar-refractivity contribution in [2.24, 2.45) is 0 Å². The molecule has 2 rings (SSSR count). The predicted octanol–water partition coefficient (Wildman–Crippen LogP) is 4.34. The van der Waals surface area contributed by atoms with Crippen LogP contribution in [0.1, 0.15) is 41.9 Å². The topological polar surface area (TPSA) is 9.23 Å². The number of alkyl halides is 1. The Hall–Kier alpha value is -0.500. The van der Waals surface area contributed by atoms with Crippen LogP contribution in [0.5, 0.6) is 5.75 Å². The van der Waals surface area contributed by atoms with Gasteiger partial charge in [0.25, 0.3) is 0 Å². The molecule has 2 heteroatoms. The van der Waals surface area contributed by atoms with Crippen molar-refractivity contribution in [2.75, 3.05) is 7.11 Å². The lowest BCUT2D eigenvalue weighted by molar-refractivity contribution is 0.404. The number of methoxy groups -OCH3 is 1. The normalized spacial score (nSPS) is 24.8. The van der Waals surface area contributed by atoms with E-state index in [-0.39, 0.29) is 0 Å². The van der Waals surface area contributed by atoms with Gasteiger partial charge in [-0.15, -0.1) is 0 Å². The van der Waals surface area contributed by atoms with Gasteiger partial charge in [-0.2, -0.15) is 0 Å². The van der Waals surface area contributed by atoms with Crippen molar-refractivity contribution in [2.45, 2.75) is 43.9 Å². The molecule has 0 N–H and O–H groups in total. The molecule has 2 atom stereocenters. The van der Waals surface area contributed by atoms with Gasteiger partial charge >= 0.3 is 0 Å². The lowest BCUT2D eigenvalue weighted by Gasteiger charge is -2.18. The van der Waals surface area contributed by atoms with Gasteiger partial charge in [-0.05, 0) is 56.2 Å². The van der Waals surface area contributed by atoms with Crippen LogP contribution in [0, 0.1) is 13.8 Å². The van der Waals surface area contributed by atoms with E-state index >= 15 is 0 Å². The van der Waals surface area contributed by atoms with E-state index in [1.54, 1.807) is 7.11 Å². The first-order valence-corrected chi connectivity index (χ1v) is 6.82. The van der Waals surface area contributed by atoms with E-state index in [0.717, 1.165) is 5.75 Å². The quantitative estimate of drug-likeness (QED) is 0.733. The maximum atomic E-state index is 5.54. The van der Waals surface area contributed by atoms with Crippen molar-refractivity contribution in [1.82, 2.24) is 0 Å². The molecule has 88 valence electrons. The highest BCUT2D eigenvalue weighted by molar-refractivity contribution is 9.09. The molecule has 1 aliphatic carbocycles. The molecule has 1 aliphatic rings. The summed E-state index contributed by atoms with van der Waals surface area (Å²) >= 11 is 3.72. The summed E-state index contributed by atoms with van der Waals surface area (Å²) in [4.78, 5) is 0.683. The van der Waals surface area contributed by atoms with Crippen molar-refractivity contribution in [3.8, 4) is 5.75 Å². The molecular formula is C14H19BrO. The summed E-state index contributed by atoms with van der Waals surface area (Å²) in [5, 5.41) is 0. The summed E-state index contributed by atoms with van der Waals surface area (Å²) in [5.74, 6) is 1.74. The predicted molar refractivity (Wildman–Crippen MR) is 71.8 cm³/mol. The second kappa shape index (κ2) is 4.79. The molecule has 2 unspecified atom stereocenters. The third kappa shape index (κ3) is 2.27. The minimum atomic E-state index is 0.667. The fourth-order valence-electron chi connectivity index (χ4n) is 2.82. The van der Waals surface area contributed by atoms with E-state index < -0.39 is 0 Å². The first-order valence-electron chi connectivity index (χ1n) is 5.91. The fourth-order valence-corrected chi connectivity index (χ4v) is 3.54. The second-order valence-corrected chi connectivity index (χ2v) is 6.10. The molecule has 0 radical (unpaired) electrons. The smallest absolute Gasteiger partial charge is 0.122 e. The lowest BCUT2D eigenvalue weighted by atomic mass is 9.91. The average molecular weight is 283 g/mol. The Morgan fingerprint density at radius 3 is 2.56 bits per heavy atom. The summed E-state index contributed by atoms with van der Waals surface area (Å²) in [5.41, 5.74) is 4.09. The largest absolute Gasteiger partial charge is 0.496 e. The first-order chi connectivity index (χ1) is 7.61. The van der Waals surface area contributed by atoms with E-state index in [0.29, 0.717) is 10.7 Å². The van der Waals surface area contributed by atoms with E-state index in [2.05, 4.69) is 41.9 Å². The number of hydrogen-bond donors (Lipinski definition) is 0. The molecule has 0 heterocycles. The van der Waals surface area contributed by atoms with E-state index in [4.69, 9.17) is 4.74 Å². The Morgan fingerprint density at radius 2 is 2.00 bits per heavy atom. The van der Waals surface area contributed by atoms with Crippen LogP contribution in [0.15, 0.2) is 12.1 Å². The zero-order valence-electron chi connectivity index (χ0n) is 10.2. The molecule has 1 saturated carbocycles. The van der Waals surface area contributed by atoms with E-state index in [1.165, 1.54) is 36.0 Å². The van der Waals surface area contributed by atoms with Crippen molar-refractivity contribution in [3.63, 3.8) is 0 Å². The van der Waals surface area contributed by atoms with Crippen LogP contribution in [-0.4, -0.2) is 11.9 Å². The number of halogens is 1. The van der Waals surface area contributed by atoms with E-state index in [9.17, 15) is 0 Å². The zero-order chi connectivity index (χ0) is 11.7. The molecule has 1 aromatic rings. The van der Waals surface area contributed by atoms with Gasteiger partial charge in [-0.3, -0.25) is 0 Å². The monoisotopic (exact) mass is 282 g/mol. The molecule has 0 spiro atoms. The van der Waals surface area contributed by atoms with Crippen molar-refractivity contribution in [3.05, 3.63) is 28.8 Å². The highest BCUT2D eigenvalue weighted by Gasteiger charge is 2.27. The summed E-state index contributed by atoms with van der Waals surface area (Å²) < 4.78 is 5.54. The van der Waals surface area contributed by atoms with Crippen LogP contribution >= 0.6 is 15.9 Å². The maximum absolute atomic E-state index is 5.54. The standard InChI is InChI=1S/C14H19BrO/c1-9-6-10(2)14(13(7-9)16-3)11-4-5-12(15)8-11/h6-7,11-12H,4-5,8H2,1-3H3. The molecule has 16 heavy (non-hydrogen) atoms. The van der Waals surface area contributed by atoms with Gasteiger partial charge in [0.2, 0.25) is 0 Å². The third-order valence-corrected chi connectivity index (χ3v) is 4.32. The summed E-state index contributed by atoms with van der Waals surface area (Å²) in [6, 6.07) is 4.42. The van der Waals surface area contributed by atoms with Crippen LogP contribution in [0.3, 0.4) is 0 Å². The molecule has 0 aromatic heterocycles. The summed E-state index contributed by atoms with van der Waals surface area (Å²) in [6.07, 6.45) is 3.79. The van der Waals surface area contributed by atoms with Crippen LogP contribution in [0.25, 0.3) is 0 Å². The molecule has 1 nitrogen and oxygen atoms in total. The number of aryl methyl sites for hydroxylation is 2. The lowest BCUT2D eigenvalue weighted by Crippen LogP contribution is -2.02. The second-order valence-electron chi connectivity index (χ2n) is 4.81. The molecule has 1 fully saturated rings. The molecular weight excluding hydrogens is 264 g/mol. The summed E-state index contributed by atoms with van der Waals surface area (Å²) in [7, 11) is 1.78. The number of ether oxygens (including phenoxy) is 1. The zero-order valence-corrected chi connectivity index (χ0v) is 11.8. The molecule has 0 saturated heterocycles. The Bertz CT molecular complexity index is 387. The Labute approximate surface area is 106 Å². The Balaban J connectivity index is 2.39. The summed E-state index contributed by atoms with van der Waals surface area (Å²) in [6.45, 7) is 4.33. The minimum Gasteiger partial charge on any atom is -0.496 e. The van der Waals surface area contributed by atoms with Crippen LogP contribution < -0.4 is 4.74 Å².